The molecule has 0 aliphatic carbocycles. The average molecular weight is 1120 g/mol. The van der Waals surface area contributed by atoms with Gasteiger partial charge < -0.3 is 54.5 Å². The van der Waals surface area contributed by atoms with E-state index in [1.807, 2.05) is 20.0 Å². The zero-order valence-corrected chi connectivity index (χ0v) is 46.7. The molecular weight excluding hydrogens is 1040 g/mol. The number of unbranched alkanes of at least 4 members (excludes halogenated alkanes) is 4. The van der Waals surface area contributed by atoms with E-state index in [1.54, 1.807) is 67.6 Å². The minimum absolute atomic E-state index is 0.0639. The predicted octanol–water partition coefficient (Wildman–Crippen LogP) is 6.83. The summed E-state index contributed by atoms with van der Waals surface area (Å²) in [5.74, 6) is -1.62. The third-order valence-corrected chi connectivity index (χ3v) is 14.5. The summed E-state index contributed by atoms with van der Waals surface area (Å²) in [6.45, 7) is 9.49. The minimum atomic E-state index is -1.52. The van der Waals surface area contributed by atoms with E-state index in [1.165, 1.54) is 50.3 Å². The number of fused-ring (bicyclic) bond motifs is 4. The maximum Gasteiger partial charge on any atom is 0.416 e. The first-order valence-corrected chi connectivity index (χ1v) is 27.3. The lowest BCUT2D eigenvalue weighted by Crippen LogP contribution is -2.53. The Bertz CT molecular complexity index is 3040. The number of imide groups is 1. The summed E-state index contributed by atoms with van der Waals surface area (Å²) >= 11 is 0. The topological polar surface area (TPSA) is 264 Å². The zero-order valence-electron chi connectivity index (χ0n) is 46.7. The molecule has 0 saturated carbocycles. The number of amides is 8. The number of nitrogens with zero attached hydrogens (tertiary/aromatic N) is 5. The third-order valence-electron chi connectivity index (χ3n) is 14.5. The molecule has 8 rings (SSSR count). The molecule has 5 aliphatic heterocycles. The fraction of sp³-hybridized carbons (Fsp3) is 0.441. The van der Waals surface area contributed by atoms with Crippen LogP contribution in [0.1, 0.15) is 119 Å². The number of hydrogen-bond acceptors (Lipinski definition) is 15. The number of nitrogens with one attached hydrogen (secondary N) is 3. The van der Waals surface area contributed by atoms with Crippen LogP contribution >= 0.6 is 0 Å². The molecule has 22 heteroatoms. The molecule has 4 N–H and O–H groups in total. The van der Waals surface area contributed by atoms with Crippen LogP contribution in [0.3, 0.4) is 0 Å². The van der Waals surface area contributed by atoms with E-state index in [0.29, 0.717) is 85.6 Å². The van der Waals surface area contributed by atoms with Gasteiger partial charge >= 0.3 is 6.09 Å². The number of aliphatic hydroxyl groups is 1. The first-order chi connectivity index (χ1) is 38.8. The van der Waals surface area contributed by atoms with Crippen LogP contribution in [0.15, 0.2) is 89.2 Å². The molecule has 0 radical (unpaired) electrons. The van der Waals surface area contributed by atoms with Gasteiger partial charge in [-0.2, -0.15) is 0 Å². The van der Waals surface area contributed by atoms with Gasteiger partial charge in [0.1, 0.15) is 18.7 Å². The van der Waals surface area contributed by atoms with Crippen molar-refractivity contribution in [3.05, 3.63) is 101 Å². The zero-order chi connectivity index (χ0) is 58.1. The van der Waals surface area contributed by atoms with Gasteiger partial charge in [-0.05, 0) is 101 Å². The van der Waals surface area contributed by atoms with Crippen LogP contribution in [0, 0.1) is 5.92 Å². The molecule has 8 amide bonds. The van der Waals surface area contributed by atoms with Crippen LogP contribution in [-0.2, 0) is 35.3 Å². The maximum atomic E-state index is 14.2. The van der Waals surface area contributed by atoms with Crippen LogP contribution in [0.25, 0.3) is 0 Å². The third kappa shape index (κ3) is 13.7. The molecule has 0 unspecified atom stereocenters. The fourth-order valence-electron chi connectivity index (χ4n) is 10.1. The van der Waals surface area contributed by atoms with E-state index >= 15 is 0 Å². The van der Waals surface area contributed by atoms with E-state index in [4.69, 9.17) is 23.7 Å². The number of benzene rings is 3. The van der Waals surface area contributed by atoms with Crippen molar-refractivity contribution < 1.29 is 67.1 Å². The van der Waals surface area contributed by atoms with Gasteiger partial charge in [0.15, 0.2) is 29.2 Å². The number of anilines is 2. The smallest absolute Gasteiger partial charge is 0.416 e. The van der Waals surface area contributed by atoms with E-state index < -0.39 is 48.2 Å². The second-order valence-corrected chi connectivity index (χ2v) is 21.0. The number of aliphatic imine (C=N–C) groups is 1. The minimum Gasteiger partial charge on any atom is -0.493 e. The van der Waals surface area contributed by atoms with Gasteiger partial charge in [-0.25, -0.2) is 9.69 Å². The highest BCUT2D eigenvalue weighted by molar-refractivity contribution is 6.13. The lowest BCUT2D eigenvalue weighted by molar-refractivity contribution is -0.137. The summed E-state index contributed by atoms with van der Waals surface area (Å²) in [7, 11) is 2.96. The monoisotopic (exact) mass is 1110 g/mol. The van der Waals surface area contributed by atoms with Crippen molar-refractivity contribution in [3.8, 4) is 23.0 Å². The molecule has 3 aromatic rings. The molecule has 5 atom stereocenters. The highest BCUT2D eigenvalue weighted by Crippen LogP contribution is 2.43. The molecule has 0 bridgehead atoms. The molecule has 0 aromatic heterocycles. The van der Waals surface area contributed by atoms with E-state index in [-0.39, 0.29) is 84.5 Å². The summed E-state index contributed by atoms with van der Waals surface area (Å²) in [4.78, 5) is 114. The van der Waals surface area contributed by atoms with Crippen molar-refractivity contribution in [1.82, 2.24) is 25.3 Å². The number of rotatable bonds is 24. The summed E-state index contributed by atoms with van der Waals surface area (Å²) in [6, 6.07) is 10.00. The van der Waals surface area contributed by atoms with Crippen LogP contribution in [0.5, 0.6) is 23.0 Å². The molecular formula is C59H70N8O14. The van der Waals surface area contributed by atoms with E-state index in [9.17, 15) is 43.5 Å². The lowest BCUT2D eigenvalue weighted by atomic mass is 10.0. The van der Waals surface area contributed by atoms with Crippen molar-refractivity contribution in [2.24, 2.45) is 10.9 Å². The quantitative estimate of drug-likeness (QED) is 0.0530. The SMILES string of the molecule is COc1cc2c(cc1OCCCCCOc1cc3c(cc1OC)C(=O)N1C=C(C)C[C@H]1[C@H](O)N3C(=O)OCc1ccc(NC(=O)[C@H](C)NC(=O)[C@@H](NC(=O)CCCCCN3C(=O)C=CC3=O)C(C)C)cc1)N=C[C@@H]1CC(C)=CN1C2=O. The molecule has 3 aromatic carbocycles. The Morgan fingerprint density at radius 3 is 2.00 bits per heavy atom. The number of carbonyl (C=O) groups excluding carboxylic acids is 8. The number of hydrogen-bond donors (Lipinski definition) is 4. The fourth-order valence-corrected chi connectivity index (χ4v) is 10.1. The Balaban J connectivity index is 0.829. The van der Waals surface area contributed by atoms with Crippen molar-refractivity contribution >= 4 is 70.7 Å². The second kappa shape index (κ2) is 26.2. The van der Waals surface area contributed by atoms with E-state index in [0.717, 1.165) is 27.4 Å². The maximum absolute atomic E-state index is 14.2. The van der Waals surface area contributed by atoms with Crippen LogP contribution < -0.4 is 39.8 Å². The summed E-state index contributed by atoms with van der Waals surface area (Å²) in [6.07, 6.45) is 10.0. The summed E-state index contributed by atoms with van der Waals surface area (Å²) in [5, 5.41) is 20.1. The highest BCUT2D eigenvalue weighted by Gasteiger charge is 2.45. The molecule has 22 nitrogen and oxygen atoms in total. The Morgan fingerprint density at radius 1 is 0.716 bits per heavy atom. The van der Waals surface area contributed by atoms with Crippen molar-refractivity contribution in [3.63, 3.8) is 0 Å². The van der Waals surface area contributed by atoms with Gasteiger partial charge in [-0.15, -0.1) is 0 Å². The van der Waals surface area contributed by atoms with Gasteiger partial charge in [0, 0.05) is 61.6 Å². The van der Waals surface area contributed by atoms with E-state index in [2.05, 4.69) is 20.9 Å². The van der Waals surface area contributed by atoms with Crippen LogP contribution in [0.4, 0.5) is 21.9 Å². The molecule has 5 heterocycles. The standard InChI is InChI=1S/C59H70N8O14/c1-34(2)53(63-50(68)14-10-8-11-21-64-51(69)19-20-52(64)70)55(72)61-37(5)54(71)62-39-17-15-38(16-18-39)33-81-59(76)67-44-29-49(47(78-7)27-42(44)57(74)66-32-36(4)25-45(66)58(67)75)80-23-13-9-12-22-79-48-28-43-41(26-46(48)77-6)56(73)65-31-35(3)24-40(65)30-60-43/h15-20,26-32,34,37,40,45,53,58,75H,8-14,21-25,33H2,1-7H3,(H,61,72)(H,62,71)(H,63,68)/t37-,40-,45-,53-,58-/m0/s1. The number of carbonyl (C=O) groups is 8. The number of aliphatic hydroxyl groups excluding tert-OH is 1. The Hall–Kier alpha value is -8.53. The number of ether oxygens (including phenoxy) is 5. The Labute approximate surface area is 470 Å². The first kappa shape index (κ1) is 58.6. The lowest BCUT2D eigenvalue weighted by Gasteiger charge is -2.31. The van der Waals surface area contributed by atoms with Crippen molar-refractivity contribution in [2.75, 3.05) is 44.2 Å². The predicted molar refractivity (Wildman–Crippen MR) is 298 cm³/mol. The molecule has 81 heavy (non-hydrogen) atoms. The van der Waals surface area contributed by atoms with Gasteiger partial charge in [-0.1, -0.05) is 43.5 Å². The molecule has 0 fully saturated rings. The first-order valence-electron chi connectivity index (χ1n) is 27.3. The normalized spacial score (nSPS) is 18.7. The van der Waals surface area contributed by atoms with Gasteiger partial charge in [0.05, 0.1) is 62.0 Å². The van der Waals surface area contributed by atoms with Gasteiger partial charge in [0.2, 0.25) is 17.7 Å². The number of methoxy groups -OCH3 is 2. The molecule has 0 saturated heterocycles. The molecule has 0 spiro atoms. The van der Waals surface area contributed by atoms with Crippen molar-refractivity contribution in [2.45, 2.75) is 129 Å². The second-order valence-electron chi connectivity index (χ2n) is 21.0. The molecule has 5 aliphatic rings. The Morgan fingerprint density at radius 2 is 1.33 bits per heavy atom. The summed E-state index contributed by atoms with van der Waals surface area (Å²) in [5.41, 5.74) is 3.95. The van der Waals surface area contributed by atoms with Crippen LogP contribution in [-0.4, -0.2) is 138 Å². The van der Waals surface area contributed by atoms with Crippen molar-refractivity contribution in [1.29, 1.82) is 0 Å². The summed E-state index contributed by atoms with van der Waals surface area (Å²) < 4.78 is 29.4. The average Bonchev–Trinajstić information content (AvgIpc) is 4.19. The highest BCUT2D eigenvalue weighted by atomic mass is 16.6. The molecule has 430 valence electrons. The van der Waals surface area contributed by atoms with Gasteiger partial charge in [-0.3, -0.25) is 43.5 Å². The van der Waals surface area contributed by atoms with Crippen LogP contribution in [0.2, 0.25) is 0 Å². The largest absolute Gasteiger partial charge is 0.493 e. The Kier molecular flexibility index (Phi) is 18.9. The van der Waals surface area contributed by atoms with Gasteiger partial charge in [0.25, 0.3) is 23.6 Å².